The van der Waals surface area contributed by atoms with E-state index in [2.05, 4.69) is 128 Å². The second-order valence-electron chi connectivity index (χ2n) is 8.39. The third kappa shape index (κ3) is 3.44. The van der Waals surface area contributed by atoms with Crippen molar-refractivity contribution in [2.24, 2.45) is 0 Å². The summed E-state index contributed by atoms with van der Waals surface area (Å²) in [5.74, 6) is 0.972. The predicted molar refractivity (Wildman–Crippen MR) is 128 cm³/mol. The highest BCUT2D eigenvalue weighted by Gasteiger charge is 2.51. The van der Waals surface area contributed by atoms with E-state index in [9.17, 15) is 0 Å². The molecule has 4 unspecified atom stereocenters. The molecule has 0 saturated carbocycles. The Balaban J connectivity index is 1.73. The van der Waals surface area contributed by atoms with Crippen molar-refractivity contribution in [1.82, 2.24) is 0 Å². The van der Waals surface area contributed by atoms with Gasteiger partial charge >= 0.3 is 0 Å². The molecule has 0 aromatic heterocycles. The maximum Gasteiger partial charge on any atom is 0.0627 e. The van der Waals surface area contributed by atoms with Gasteiger partial charge in [-0.25, -0.2) is 0 Å². The summed E-state index contributed by atoms with van der Waals surface area (Å²) in [7, 11) is -0.729. The van der Waals surface area contributed by atoms with E-state index in [-0.39, 0.29) is 0 Å². The van der Waals surface area contributed by atoms with E-state index in [1.807, 2.05) is 0 Å². The lowest BCUT2D eigenvalue weighted by molar-refractivity contribution is 0.553. The molecule has 0 bridgehead atoms. The lowest BCUT2D eigenvalue weighted by Crippen LogP contribution is -2.22. The molecule has 4 aromatic rings. The van der Waals surface area contributed by atoms with Crippen molar-refractivity contribution in [1.29, 1.82) is 0 Å². The van der Waals surface area contributed by atoms with Crippen molar-refractivity contribution >= 4 is 8.80 Å². The fourth-order valence-corrected chi connectivity index (χ4v) is 9.34. The molecule has 0 spiro atoms. The molecule has 1 radical (unpaired) electrons. The van der Waals surface area contributed by atoms with Gasteiger partial charge in [-0.3, -0.25) is 0 Å². The van der Waals surface area contributed by atoms with E-state index in [0.717, 1.165) is 0 Å². The molecular formula is C29H27Si. The van der Waals surface area contributed by atoms with Crippen molar-refractivity contribution < 1.29 is 0 Å². The molecule has 4 atom stereocenters. The molecular weight excluding hydrogens is 376 g/mol. The third-order valence-electron chi connectivity index (χ3n) is 6.77. The Hall–Kier alpha value is -2.90. The molecule has 30 heavy (non-hydrogen) atoms. The van der Waals surface area contributed by atoms with Gasteiger partial charge in [-0.15, -0.1) is 0 Å². The molecule has 1 heteroatoms. The van der Waals surface area contributed by atoms with Crippen LogP contribution in [0.15, 0.2) is 121 Å². The van der Waals surface area contributed by atoms with Crippen LogP contribution < -0.4 is 0 Å². The van der Waals surface area contributed by atoms with Crippen LogP contribution in [-0.2, 0) is 0 Å². The first-order valence-electron chi connectivity index (χ1n) is 10.9. The molecule has 0 N–H and O–H groups in total. The fraction of sp³-hybridized carbons (Fsp3) is 0.172. The molecule has 147 valence electrons. The highest BCUT2D eigenvalue weighted by molar-refractivity contribution is 6.62. The molecule has 1 fully saturated rings. The number of hydrogen-bond acceptors (Lipinski definition) is 0. The summed E-state index contributed by atoms with van der Waals surface area (Å²) in [6.07, 6.45) is 0. The first-order chi connectivity index (χ1) is 14.8. The van der Waals surface area contributed by atoms with Crippen LogP contribution in [0, 0.1) is 0 Å². The van der Waals surface area contributed by atoms with Crippen molar-refractivity contribution in [3.05, 3.63) is 144 Å². The quantitative estimate of drug-likeness (QED) is 0.313. The van der Waals surface area contributed by atoms with E-state index in [1.165, 1.54) is 22.3 Å². The number of hydrogen-bond donors (Lipinski definition) is 0. The Kier molecular flexibility index (Phi) is 5.38. The maximum absolute atomic E-state index is 2.57. The lowest BCUT2D eigenvalue weighted by atomic mass is 9.75. The molecule has 4 aromatic carbocycles. The molecule has 5 rings (SSSR count). The lowest BCUT2D eigenvalue weighted by Gasteiger charge is -2.29. The van der Waals surface area contributed by atoms with Crippen molar-refractivity contribution in [2.45, 2.75) is 29.5 Å². The summed E-state index contributed by atoms with van der Waals surface area (Å²) in [6, 6.07) is 45.0. The molecule has 1 heterocycles. The zero-order valence-corrected chi connectivity index (χ0v) is 18.4. The summed E-state index contributed by atoms with van der Waals surface area (Å²) < 4.78 is 0. The van der Waals surface area contributed by atoms with E-state index in [0.29, 0.717) is 22.9 Å². The van der Waals surface area contributed by atoms with Crippen LogP contribution in [0.1, 0.15) is 45.2 Å². The Morgan fingerprint density at radius 1 is 0.400 bits per heavy atom. The van der Waals surface area contributed by atoms with Gasteiger partial charge in [0.05, 0.1) is 8.80 Å². The van der Waals surface area contributed by atoms with Gasteiger partial charge in [-0.1, -0.05) is 128 Å². The molecule has 1 aliphatic rings. The van der Waals surface area contributed by atoms with Crippen LogP contribution in [0.3, 0.4) is 0 Å². The summed E-state index contributed by atoms with van der Waals surface area (Å²) >= 11 is 0. The minimum Gasteiger partial charge on any atom is -0.0701 e. The van der Waals surface area contributed by atoms with Gasteiger partial charge in [0.25, 0.3) is 0 Å². The van der Waals surface area contributed by atoms with E-state index in [4.69, 9.17) is 0 Å². The zero-order chi connectivity index (χ0) is 20.3. The van der Waals surface area contributed by atoms with Crippen LogP contribution in [0.5, 0.6) is 0 Å². The Bertz CT molecular complexity index is 971. The molecule has 0 amide bonds. The van der Waals surface area contributed by atoms with Gasteiger partial charge in [-0.05, 0) is 45.2 Å². The van der Waals surface area contributed by atoms with Gasteiger partial charge in [0.2, 0.25) is 0 Å². The maximum atomic E-state index is 2.57. The average molecular weight is 404 g/mol. The fourth-order valence-electron chi connectivity index (χ4n) is 5.59. The van der Waals surface area contributed by atoms with Gasteiger partial charge in [-0.2, -0.15) is 0 Å². The second-order valence-corrected chi connectivity index (χ2v) is 11.1. The van der Waals surface area contributed by atoms with Crippen LogP contribution >= 0.6 is 0 Å². The molecule has 0 aliphatic carbocycles. The van der Waals surface area contributed by atoms with Crippen molar-refractivity contribution in [3.8, 4) is 0 Å². The second kappa shape index (κ2) is 8.45. The zero-order valence-electron chi connectivity index (χ0n) is 17.4. The standard InChI is InChI=1S/C29H27Si/c1-30-28(24-18-10-4-11-19-24)26(22-14-6-2-7-15-22)27(23-16-8-3-9-17-23)29(30)25-20-12-5-13-21-25/h2-21,26-29H,1H3. The topological polar surface area (TPSA) is 0 Å². The summed E-state index contributed by atoms with van der Waals surface area (Å²) in [6.45, 7) is 2.57. The largest absolute Gasteiger partial charge is 0.0701 e. The van der Waals surface area contributed by atoms with Crippen LogP contribution in [0.25, 0.3) is 0 Å². The molecule has 1 aliphatic heterocycles. The molecule has 1 saturated heterocycles. The Morgan fingerprint density at radius 2 is 0.667 bits per heavy atom. The monoisotopic (exact) mass is 403 g/mol. The Morgan fingerprint density at radius 3 is 0.967 bits per heavy atom. The van der Waals surface area contributed by atoms with Gasteiger partial charge in [0.15, 0.2) is 0 Å². The van der Waals surface area contributed by atoms with Crippen LogP contribution in [-0.4, -0.2) is 8.80 Å². The number of rotatable bonds is 4. The van der Waals surface area contributed by atoms with Crippen LogP contribution in [0.4, 0.5) is 0 Å². The normalized spacial score (nSPS) is 24.0. The minimum absolute atomic E-state index is 0.486. The third-order valence-corrected chi connectivity index (χ3v) is 10.1. The first-order valence-corrected chi connectivity index (χ1v) is 13.0. The summed E-state index contributed by atoms with van der Waals surface area (Å²) in [5.41, 5.74) is 7.11. The van der Waals surface area contributed by atoms with Gasteiger partial charge in [0.1, 0.15) is 0 Å². The summed E-state index contributed by atoms with van der Waals surface area (Å²) in [4.78, 5) is 0. The molecule has 0 nitrogen and oxygen atoms in total. The minimum atomic E-state index is -0.729. The first kappa shape index (κ1) is 19.1. The van der Waals surface area contributed by atoms with E-state index >= 15 is 0 Å². The highest BCUT2D eigenvalue weighted by atomic mass is 28.3. The van der Waals surface area contributed by atoms with E-state index in [1.54, 1.807) is 0 Å². The van der Waals surface area contributed by atoms with Crippen molar-refractivity contribution in [2.75, 3.05) is 0 Å². The summed E-state index contributed by atoms with van der Waals surface area (Å²) in [5, 5.41) is 0. The van der Waals surface area contributed by atoms with Crippen LogP contribution in [0.2, 0.25) is 6.55 Å². The number of benzene rings is 4. The van der Waals surface area contributed by atoms with Gasteiger partial charge < -0.3 is 0 Å². The van der Waals surface area contributed by atoms with Gasteiger partial charge in [0, 0.05) is 0 Å². The smallest absolute Gasteiger partial charge is 0.0627 e. The average Bonchev–Trinajstić information content (AvgIpc) is 3.14. The highest BCUT2D eigenvalue weighted by Crippen LogP contribution is 2.59. The Labute approximate surface area is 181 Å². The predicted octanol–water partition coefficient (Wildman–Crippen LogP) is 7.34. The van der Waals surface area contributed by atoms with E-state index < -0.39 is 8.80 Å². The van der Waals surface area contributed by atoms with Crippen molar-refractivity contribution in [3.63, 3.8) is 0 Å². The SMILES string of the molecule is C[Si]1C(c2ccccc2)C(c2ccccc2)C(c2ccccc2)C1c1ccccc1.